The van der Waals surface area contributed by atoms with Crippen molar-refractivity contribution in [2.45, 2.75) is 12.3 Å². The monoisotopic (exact) mass is 232 g/mol. The van der Waals surface area contributed by atoms with Gasteiger partial charge < -0.3 is 9.84 Å². The number of para-hydroxylation sites is 1. The number of methoxy groups -OCH3 is 1. The molecule has 0 aliphatic carbocycles. The van der Waals surface area contributed by atoms with Gasteiger partial charge in [-0.15, -0.1) is 0 Å². The SMILES string of the molecule is COc1ccccc1/C=C/C(O)C(F)(F)F. The Bertz CT molecular complexity index is 372. The molecule has 1 aromatic rings. The predicted octanol–water partition coefficient (Wildman–Crippen LogP) is 2.63. The molecule has 88 valence electrons. The van der Waals surface area contributed by atoms with E-state index in [0.29, 0.717) is 17.4 Å². The lowest BCUT2D eigenvalue weighted by Gasteiger charge is -2.10. The lowest BCUT2D eigenvalue weighted by Crippen LogP contribution is -2.25. The van der Waals surface area contributed by atoms with Crippen molar-refractivity contribution >= 4 is 6.08 Å². The summed E-state index contributed by atoms with van der Waals surface area (Å²) < 4.78 is 41.0. The highest BCUT2D eigenvalue weighted by Gasteiger charge is 2.36. The number of halogens is 3. The third-order valence-corrected chi connectivity index (χ3v) is 1.93. The molecule has 0 saturated carbocycles. The molecular weight excluding hydrogens is 221 g/mol. The van der Waals surface area contributed by atoms with E-state index in [2.05, 4.69) is 0 Å². The first kappa shape index (κ1) is 12.6. The molecule has 0 fully saturated rings. The van der Waals surface area contributed by atoms with Crippen LogP contribution in [0.3, 0.4) is 0 Å². The molecule has 2 nitrogen and oxygen atoms in total. The minimum atomic E-state index is -4.64. The summed E-state index contributed by atoms with van der Waals surface area (Å²) in [6, 6.07) is 6.59. The number of benzene rings is 1. The number of alkyl halides is 3. The molecule has 1 atom stereocenters. The second-order valence-electron chi connectivity index (χ2n) is 3.09. The Labute approximate surface area is 91.0 Å². The van der Waals surface area contributed by atoms with Gasteiger partial charge in [0.2, 0.25) is 0 Å². The summed E-state index contributed by atoms with van der Waals surface area (Å²) in [5, 5.41) is 8.76. The Morgan fingerprint density at radius 1 is 1.31 bits per heavy atom. The van der Waals surface area contributed by atoms with Crippen LogP contribution in [0.5, 0.6) is 5.75 Å². The van der Waals surface area contributed by atoms with Crippen LogP contribution in [0.25, 0.3) is 6.08 Å². The van der Waals surface area contributed by atoms with E-state index < -0.39 is 12.3 Å². The Hall–Kier alpha value is -1.49. The van der Waals surface area contributed by atoms with Crippen molar-refractivity contribution < 1.29 is 23.0 Å². The molecule has 5 heteroatoms. The maximum Gasteiger partial charge on any atom is 0.417 e. The van der Waals surface area contributed by atoms with Gasteiger partial charge in [-0.2, -0.15) is 13.2 Å². The molecule has 1 unspecified atom stereocenters. The Morgan fingerprint density at radius 3 is 2.50 bits per heavy atom. The average molecular weight is 232 g/mol. The lowest BCUT2D eigenvalue weighted by molar-refractivity contribution is -0.187. The minimum absolute atomic E-state index is 0.452. The molecule has 1 rings (SSSR count). The standard InChI is InChI=1S/C11H11F3O2/c1-16-9-5-3-2-4-8(9)6-7-10(15)11(12,13)14/h2-7,10,15H,1H3/b7-6+. The van der Waals surface area contributed by atoms with Gasteiger partial charge in [-0.25, -0.2) is 0 Å². The normalized spacial score (nSPS) is 14.1. The molecule has 1 aromatic carbocycles. The second-order valence-corrected chi connectivity index (χ2v) is 3.09. The highest BCUT2D eigenvalue weighted by Crippen LogP contribution is 2.23. The van der Waals surface area contributed by atoms with Crippen LogP contribution in [0, 0.1) is 0 Å². The zero-order valence-corrected chi connectivity index (χ0v) is 8.53. The van der Waals surface area contributed by atoms with Crippen molar-refractivity contribution in [2.75, 3.05) is 7.11 Å². The van der Waals surface area contributed by atoms with Gasteiger partial charge in [0.1, 0.15) is 5.75 Å². The third kappa shape index (κ3) is 3.27. The summed E-state index contributed by atoms with van der Waals surface area (Å²) in [7, 11) is 1.42. The molecule has 0 bridgehead atoms. The van der Waals surface area contributed by atoms with Crippen molar-refractivity contribution in [3.05, 3.63) is 35.9 Å². The summed E-state index contributed by atoms with van der Waals surface area (Å²) in [6.07, 6.45) is -5.25. The summed E-state index contributed by atoms with van der Waals surface area (Å²) in [5.41, 5.74) is 0.480. The number of ether oxygens (including phenoxy) is 1. The summed E-state index contributed by atoms with van der Waals surface area (Å²) in [5.74, 6) is 0.452. The molecule has 16 heavy (non-hydrogen) atoms. The van der Waals surface area contributed by atoms with E-state index in [9.17, 15) is 13.2 Å². The molecule has 0 spiro atoms. The van der Waals surface area contributed by atoms with Gasteiger partial charge in [0.05, 0.1) is 7.11 Å². The molecule has 0 aliphatic rings. The second kappa shape index (κ2) is 5.03. The largest absolute Gasteiger partial charge is 0.496 e. The summed E-state index contributed by atoms with van der Waals surface area (Å²) >= 11 is 0. The van der Waals surface area contributed by atoms with E-state index in [4.69, 9.17) is 9.84 Å². The highest BCUT2D eigenvalue weighted by atomic mass is 19.4. The molecular formula is C11H11F3O2. The van der Waals surface area contributed by atoms with E-state index >= 15 is 0 Å². The van der Waals surface area contributed by atoms with Gasteiger partial charge in [-0.1, -0.05) is 24.3 Å². The fourth-order valence-corrected chi connectivity index (χ4v) is 1.11. The molecule has 0 saturated heterocycles. The quantitative estimate of drug-likeness (QED) is 0.868. The Morgan fingerprint density at radius 2 is 1.94 bits per heavy atom. The van der Waals surface area contributed by atoms with E-state index in [-0.39, 0.29) is 0 Å². The maximum absolute atomic E-state index is 12.0. The van der Waals surface area contributed by atoms with Crippen LogP contribution < -0.4 is 4.74 Å². The van der Waals surface area contributed by atoms with E-state index in [1.54, 1.807) is 24.3 Å². The molecule has 0 heterocycles. The number of aliphatic hydroxyl groups is 1. The van der Waals surface area contributed by atoms with E-state index in [0.717, 1.165) is 0 Å². The van der Waals surface area contributed by atoms with Crippen molar-refractivity contribution in [1.82, 2.24) is 0 Å². The lowest BCUT2D eigenvalue weighted by atomic mass is 10.1. The van der Waals surface area contributed by atoms with Crippen molar-refractivity contribution in [3.8, 4) is 5.75 Å². The van der Waals surface area contributed by atoms with E-state index in [1.165, 1.54) is 13.2 Å². The number of aliphatic hydroxyl groups excluding tert-OH is 1. The molecule has 0 aromatic heterocycles. The van der Waals surface area contributed by atoms with Gasteiger partial charge >= 0.3 is 6.18 Å². The minimum Gasteiger partial charge on any atom is -0.496 e. The van der Waals surface area contributed by atoms with Crippen molar-refractivity contribution in [3.63, 3.8) is 0 Å². The van der Waals surface area contributed by atoms with Gasteiger partial charge in [0.15, 0.2) is 6.10 Å². The summed E-state index contributed by atoms with van der Waals surface area (Å²) in [4.78, 5) is 0. The van der Waals surface area contributed by atoms with Crippen LogP contribution in [-0.2, 0) is 0 Å². The Kier molecular flexibility index (Phi) is 3.95. The average Bonchev–Trinajstić information content (AvgIpc) is 2.24. The van der Waals surface area contributed by atoms with E-state index in [1.807, 2.05) is 0 Å². The first-order valence-corrected chi connectivity index (χ1v) is 4.51. The topological polar surface area (TPSA) is 29.5 Å². The zero-order chi connectivity index (χ0) is 12.2. The smallest absolute Gasteiger partial charge is 0.417 e. The van der Waals surface area contributed by atoms with Crippen LogP contribution in [0.15, 0.2) is 30.3 Å². The van der Waals surface area contributed by atoms with Crippen molar-refractivity contribution in [1.29, 1.82) is 0 Å². The first-order valence-electron chi connectivity index (χ1n) is 4.51. The predicted molar refractivity (Wildman–Crippen MR) is 54.1 cm³/mol. The summed E-state index contributed by atoms with van der Waals surface area (Å²) in [6.45, 7) is 0. The molecule has 0 aliphatic heterocycles. The van der Waals surface area contributed by atoms with Gasteiger partial charge in [0.25, 0.3) is 0 Å². The third-order valence-electron chi connectivity index (χ3n) is 1.93. The van der Waals surface area contributed by atoms with Crippen LogP contribution in [0.1, 0.15) is 5.56 Å². The van der Waals surface area contributed by atoms with Gasteiger partial charge in [-0.3, -0.25) is 0 Å². The van der Waals surface area contributed by atoms with Gasteiger partial charge in [-0.05, 0) is 12.1 Å². The highest BCUT2D eigenvalue weighted by molar-refractivity contribution is 5.57. The van der Waals surface area contributed by atoms with Crippen LogP contribution in [0.4, 0.5) is 13.2 Å². The van der Waals surface area contributed by atoms with Crippen molar-refractivity contribution in [2.24, 2.45) is 0 Å². The first-order chi connectivity index (χ1) is 7.45. The fourth-order valence-electron chi connectivity index (χ4n) is 1.11. The number of hydrogen-bond acceptors (Lipinski definition) is 2. The number of rotatable bonds is 3. The van der Waals surface area contributed by atoms with Crippen LogP contribution in [-0.4, -0.2) is 24.5 Å². The zero-order valence-electron chi connectivity index (χ0n) is 8.53. The van der Waals surface area contributed by atoms with Crippen LogP contribution in [0.2, 0.25) is 0 Å². The molecule has 0 radical (unpaired) electrons. The van der Waals surface area contributed by atoms with Crippen LogP contribution >= 0.6 is 0 Å². The maximum atomic E-state index is 12.0. The Balaban J connectivity index is 2.84. The molecule has 1 N–H and O–H groups in total. The number of hydrogen-bond donors (Lipinski definition) is 1. The fraction of sp³-hybridized carbons (Fsp3) is 0.273. The van der Waals surface area contributed by atoms with Gasteiger partial charge in [0, 0.05) is 5.56 Å². The molecule has 0 amide bonds.